The van der Waals surface area contributed by atoms with Gasteiger partial charge in [-0.2, -0.15) is 0 Å². The lowest BCUT2D eigenvalue weighted by atomic mass is 9.96. The van der Waals surface area contributed by atoms with Crippen LogP contribution < -0.4 is 33.7 Å². The summed E-state index contributed by atoms with van der Waals surface area (Å²) in [4.78, 5) is 12.3. The number of amides is 1. The van der Waals surface area contributed by atoms with E-state index in [0.717, 1.165) is 11.1 Å². The van der Waals surface area contributed by atoms with Gasteiger partial charge in [0, 0.05) is 23.4 Å². The van der Waals surface area contributed by atoms with E-state index in [1.54, 1.807) is 40.6 Å². The average molecular weight is 498 g/mol. The Balaban J connectivity index is 1.51. The largest absolute Gasteiger partial charge is 0.496 e. The van der Waals surface area contributed by atoms with Crippen molar-refractivity contribution in [2.45, 2.75) is 18.9 Å². The fourth-order valence-electron chi connectivity index (χ4n) is 4.10. The van der Waals surface area contributed by atoms with Crippen molar-refractivity contribution in [3.8, 4) is 34.5 Å². The number of fused-ring (bicyclic) bond motifs is 1. The van der Waals surface area contributed by atoms with E-state index in [9.17, 15) is 9.18 Å². The van der Waals surface area contributed by atoms with Crippen LogP contribution in [-0.2, 0) is 11.2 Å². The second-order valence-corrected chi connectivity index (χ2v) is 8.05. The topological polar surface area (TPSA) is 84.5 Å². The quantitative estimate of drug-likeness (QED) is 0.448. The van der Waals surface area contributed by atoms with Gasteiger partial charge in [-0.25, -0.2) is 4.39 Å². The smallest absolute Gasteiger partial charge is 0.262 e. The standard InChI is InChI=1S/C27H28FNO7/c1-31-22-13-19(35-15-26(30)29-18-7-5-17(28)6-8-18)14-23-20(22)9-10-21(36-23)16-11-24(32-2)27(34-4)25(12-16)33-3/h5-8,11-14,21H,9-10,15H2,1-4H3,(H,29,30). The van der Waals surface area contributed by atoms with Crippen molar-refractivity contribution in [3.63, 3.8) is 0 Å². The van der Waals surface area contributed by atoms with Crippen molar-refractivity contribution >= 4 is 11.6 Å². The number of benzene rings is 3. The summed E-state index contributed by atoms with van der Waals surface area (Å²) in [6.07, 6.45) is 1.15. The second kappa shape index (κ2) is 11.1. The number of nitrogens with one attached hydrogen (secondary N) is 1. The number of hydrogen-bond acceptors (Lipinski definition) is 7. The zero-order valence-corrected chi connectivity index (χ0v) is 20.6. The summed E-state index contributed by atoms with van der Waals surface area (Å²) in [5.74, 6) is 2.48. The Labute approximate surface area is 208 Å². The highest BCUT2D eigenvalue weighted by Gasteiger charge is 2.27. The lowest BCUT2D eigenvalue weighted by molar-refractivity contribution is -0.118. The lowest BCUT2D eigenvalue weighted by Crippen LogP contribution is -2.20. The van der Waals surface area contributed by atoms with Crippen molar-refractivity contribution in [3.05, 3.63) is 65.5 Å². The highest BCUT2D eigenvalue weighted by atomic mass is 19.1. The Morgan fingerprint density at radius 2 is 1.61 bits per heavy atom. The third-order valence-electron chi connectivity index (χ3n) is 5.84. The number of ether oxygens (including phenoxy) is 6. The molecule has 4 rings (SSSR count). The lowest BCUT2D eigenvalue weighted by Gasteiger charge is -2.29. The van der Waals surface area contributed by atoms with Gasteiger partial charge < -0.3 is 33.7 Å². The van der Waals surface area contributed by atoms with E-state index < -0.39 is 0 Å². The summed E-state index contributed by atoms with van der Waals surface area (Å²) in [6, 6.07) is 12.7. The molecular formula is C27H28FNO7. The molecule has 1 atom stereocenters. The van der Waals surface area contributed by atoms with E-state index in [0.29, 0.717) is 53.0 Å². The predicted octanol–water partition coefficient (Wildman–Crippen LogP) is 4.94. The van der Waals surface area contributed by atoms with Gasteiger partial charge in [0.05, 0.1) is 28.4 Å². The molecule has 8 nitrogen and oxygen atoms in total. The highest BCUT2D eigenvalue weighted by Crippen LogP contribution is 2.45. The molecule has 0 bridgehead atoms. The molecule has 0 aromatic heterocycles. The molecule has 0 radical (unpaired) electrons. The monoisotopic (exact) mass is 497 g/mol. The molecule has 0 saturated heterocycles. The third kappa shape index (κ3) is 5.40. The van der Waals surface area contributed by atoms with Gasteiger partial charge in [0.2, 0.25) is 5.75 Å². The Bertz CT molecular complexity index is 1200. The number of carbonyl (C=O) groups excluding carboxylic acids is 1. The molecule has 0 saturated carbocycles. The Morgan fingerprint density at radius 3 is 2.22 bits per heavy atom. The van der Waals surface area contributed by atoms with E-state index in [4.69, 9.17) is 28.4 Å². The van der Waals surface area contributed by atoms with E-state index >= 15 is 0 Å². The van der Waals surface area contributed by atoms with Gasteiger partial charge in [-0.3, -0.25) is 4.79 Å². The van der Waals surface area contributed by atoms with Gasteiger partial charge >= 0.3 is 0 Å². The van der Waals surface area contributed by atoms with Crippen LogP contribution in [0.2, 0.25) is 0 Å². The van der Waals surface area contributed by atoms with Crippen molar-refractivity contribution in [2.75, 3.05) is 40.4 Å². The molecule has 1 unspecified atom stereocenters. The first-order valence-electron chi connectivity index (χ1n) is 11.3. The highest BCUT2D eigenvalue weighted by molar-refractivity contribution is 5.91. The van der Waals surface area contributed by atoms with Gasteiger partial charge in [0.15, 0.2) is 18.1 Å². The van der Waals surface area contributed by atoms with Crippen LogP contribution in [0, 0.1) is 5.82 Å². The predicted molar refractivity (Wildman–Crippen MR) is 131 cm³/mol. The minimum Gasteiger partial charge on any atom is -0.496 e. The zero-order chi connectivity index (χ0) is 25.7. The summed E-state index contributed by atoms with van der Waals surface area (Å²) in [5, 5.41) is 2.66. The van der Waals surface area contributed by atoms with Crippen LogP contribution in [0.15, 0.2) is 48.5 Å². The van der Waals surface area contributed by atoms with Crippen LogP contribution in [0.3, 0.4) is 0 Å². The minimum atomic E-state index is -0.380. The van der Waals surface area contributed by atoms with Crippen LogP contribution in [0.4, 0.5) is 10.1 Å². The Morgan fingerprint density at radius 1 is 0.944 bits per heavy atom. The van der Waals surface area contributed by atoms with Gasteiger partial charge in [0.1, 0.15) is 29.2 Å². The summed E-state index contributed by atoms with van der Waals surface area (Å²) < 4.78 is 47.1. The second-order valence-electron chi connectivity index (χ2n) is 8.05. The van der Waals surface area contributed by atoms with Crippen molar-refractivity contribution in [2.24, 2.45) is 0 Å². The number of rotatable bonds is 9. The van der Waals surface area contributed by atoms with Gasteiger partial charge in [-0.1, -0.05) is 0 Å². The molecule has 0 spiro atoms. The summed E-state index contributed by atoms with van der Waals surface area (Å²) >= 11 is 0. The Hall–Kier alpha value is -4.14. The Kier molecular flexibility index (Phi) is 7.68. The third-order valence-corrected chi connectivity index (χ3v) is 5.84. The molecule has 0 fully saturated rings. The maximum atomic E-state index is 13.1. The molecule has 3 aromatic carbocycles. The molecular weight excluding hydrogens is 469 g/mol. The fourth-order valence-corrected chi connectivity index (χ4v) is 4.10. The van der Waals surface area contributed by atoms with Gasteiger partial charge in [-0.15, -0.1) is 0 Å². The maximum Gasteiger partial charge on any atom is 0.262 e. The SMILES string of the molecule is COc1cc(OCC(=O)Nc2ccc(F)cc2)cc2c1CCC(c1cc(OC)c(OC)c(OC)c1)O2. The number of methoxy groups -OCH3 is 4. The molecule has 9 heteroatoms. The van der Waals surface area contributed by atoms with E-state index in [-0.39, 0.29) is 24.4 Å². The van der Waals surface area contributed by atoms with Crippen molar-refractivity contribution < 1.29 is 37.6 Å². The van der Waals surface area contributed by atoms with Crippen molar-refractivity contribution in [1.29, 1.82) is 0 Å². The number of anilines is 1. The van der Waals surface area contributed by atoms with Gasteiger partial charge in [-0.05, 0) is 54.8 Å². The van der Waals surface area contributed by atoms with E-state index in [1.807, 2.05) is 12.1 Å². The first-order chi connectivity index (χ1) is 17.4. The van der Waals surface area contributed by atoms with Crippen LogP contribution in [0.5, 0.6) is 34.5 Å². The maximum absolute atomic E-state index is 13.1. The van der Waals surface area contributed by atoms with Crippen LogP contribution in [-0.4, -0.2) is 41.0 Å². The van der Waals surface area contributed by atoms with Crippen LogP contribution in [0.1, 0.15) is 23.7 Å². The van der Waals surface area contributed by atoms with Crippen molar-refractivity contribution in [1.82, 2.24) is 0 Å². The minimum absolute atomic E-state index is 0.240. The molecule has 1 N–H and O–H groups in total. The molecule has 190 valence electrons. The molecule has 1 aliphatic rings. The van der Waals surface area contributed by atoms with Gasteiger partial charge in [0.25, 0.3) is 5.91 Å². The van der Waals surface area contributed by atoms with E-state index in [2.05, 4.69) is 5.32 Å². The molecule has 0 aliphatic carbocycles. The van der Waals surface area contributed by atoms with E-state index in [1.165, 1.54) is 24.3 Å². The summed E-state index contributed by atoms with van der Waals surface area (Å²) in [7, 11) is 6.27. The number of halogens is 1. The molecule has 1 amide bonds. The molecule has 1 aliphatic heterocycles. The number of carbonyl (C=O) groups is 1. The average Bonchev–Trinajstić information content (AvgIpc) is 2.91. The van der Waals surface area contributed by atoms with Crippen LogP contribution in [0.25, 0.3) is 0 Å². The normalized spacial score (nSPS) is 14.2. The number of hydrogen-bond donors (Lipinski definition) is 1. The molecule has 1 heterocycles. The fraction of sp³-hybridized carbons (Fsp3) is 0.296. The zero-order valence-electron chi connectivity index (χ0n) is 20.6. The molecule has 3 aromatic rings. The summed E-state index contributed by atoms with van der Waals surface area (Å²) in [6.45, 7) is -0.240. The first-order valence-corrected chi connectivity index (χ1v) is 11.3. The van der Waals surface area contributed by atoms with Crippen LogP contribution >= 0.6 is 0 Å². The first kappa shape index (κ1) is 25.0. The summed E-state index contributed by atoms with van der Waals surface area (Å²) in [5.41, 5.74) is 2.27. The molecule has 36 heavy (non-hydrogen) atoms.